The van der Waals surface area contributed by atoms with Crippen LogP contribution in [0.1, 0.15) is 44.9 Å². The number of carbonyl (C=O) groups excluding carboxylic acids is 2. The van der Waals surface area contributed by atoms with Gasteiger partial charge in [-0.25, -0.2) is 14.6 Å². The van der Waals surface area contributed by atoms with Crippen LogP contribution in [0.5, 0.6) is 5.75 Å². The molecule has 0 saturated carbocycles. The molecule has 0 N–H and O–H groups in total. The lowest BCUT2D eigenvalue weighted by Crippen LogP contribution is -2.40. The molecule has 204 valence electrons. The molecule has 0 bridgehead atoms. The van der Waals surface area contributed by atoms with Crippen LogP contribution >= 0.6 is 23.1 Å². The second-order valence-corrected chi connectivity index (χ2v) is 10.8. The number of rotatable bonds is 9. The van der Waals surface area contributed by atoms with Crippen LogP contribution in [0.2, 0.25) is 0 Å². The highest BCUT2D eigenvalue weighted by Crippen LogP contribution is 2.32. The van der Waals surface area contributed by atoms with Crippen LogP contribution in [0.3, 0.4) is 0 Å². The lowest BCUT2D eigenvalue weighted by Gasteiger charge is -2.25. The lowest BCUT2D eigenvalue weighted by atomic mass is 9.96. The molecule has 0 aliphatic carbocycles. The molecule has 4 rings (SSSR count). The Kier molecular flexibility index (Phi) is 9.08. The zero-order valence-electron chi connectivity index (χ0n) is 22.4. The number of allylic oxidation sites excluding steroid dienone is 1. The minimum atomic E-state index is -0.694. The molecule has 2 heterocycles. The fourth-order valence-corrected chi connectivity index (χ4v) is 5.62. The molecule has 3 aromatic rings. The lowest BCUT2D eigenvalue weighted by molar-refractivity contribution is -0.145. The monoisotopic (exact) mass is 566 g/mol. The van der Waals surface area contributed by atoms with E-state index in [2.05, 4.69) is 4.99 Å². The van der Waals surface area contributed by atoms with E-state index in [9.17, 15) is 14.4 Å². The Morgan fingerprint density at radius 2 is 1.87 bits per heavy atom. The van der Waals surface area contributed by atoms with Gasteiger partial charge in [0.25, 0.3) is 5.56 Å². The third-order valence-corrected chi connectivity index (χ3v) is 7.60. The summed E-state index contributed by atoms with van der Waals surface area (Å²) >= 11 is 2.84. The van der Waals surface area contributed by atoms with Crippen LogP contribution in [0.15, 0.2) is 74.5 Å². The van der Waals surface area contributed by atoms with Gasteiger partial charge in [0, 0.05) is 10.5 Å². The molecule has 0 fully saturated rings. The summed E-state index contributed by atoms with van der Waals surface area (Å²) in [5, 5.41) is 0. The number of carbonyl (C=O) groups is 2. The summed E-state index contributed by atoms with van der Waals surface area (Å²) in [7, 11) is 0. The van der Waals surface area contributed by atoms with Crippen LogP contribution in [0.4, 0.5) is 0 Å². The van der Waals surface area contributed by atoms with Crippen molar-refractivity contribution in [2.45, 2.75) is 44.7 Å². The number of esters is 2. The summed E-state index contributed by atoms with van der Waals surface area (Å²) in [4.78, 5) is 45.1. The molecule has 0 radical (unpaired) electrons. The average molecular weight is 567 g/mol. The van der Waals surface area contributed by atoms with Gasteiger partial charge in [0.15, 0.2) is 11.4 Å². The number of thioether (sulfide) groups is 1. The molecule has 1 atom stereocenters. The van der Waals surface area contributed by atoms with Gasteiger partial charge in [-0.05, 0) is 63.8 Å². The van der Waals surface area contributed by atoms with E-state index < -0.39 is 18.0 Å². The summed E-state index contributed by atoms with van der Waals surface area (Å²) in [6.07, 6.45) is 3.37. The highest BCUT2D eigenvalue weighted by molar-refractivity contribution is 7.98. The predicted octanol–water partition coefficient (Wildman–Crippen LogP) is 3.85. The van der Waals surface area contributed by atoms with E-state index >= 15 is 0 Å². The highest BCUT2D eigenvalue weighted by atomic mass is 32.2. The number of nitrogens with zero attached hydrogens (tertiary/aromatic N) is 2. The Labute approximate surface area is 234 Å². The Hall–Kier alpha value is -3.63. The normalized spacial score (nSPS) is 15.1. The van der Waals surface area contributed by atoms with Gasteiger partial charge < -0.3 is 14.2 Å². The van der Waals surface area contributed by atoms with Crippen molar-refractivity contribution in [1.29, 1.82) is 0 Å². The van der Waals surface area contributed by atoms with Crippen molar-refractivity contribution >= 4 is 41.1 Å². The van der Waals surface area contributed by atoms with E-state index in [-0.39, 0.29) is 24.9 Å². The van der Waals surface area contributed by atoms with Gasteiger partial charge in [-0.15, -0.1) is 11.8 Å². The van der Waals surface area contributed by atoms with E-state index in [0.29, 0.717) is 31.9 Å². The number of benzene rings is 2. The molecular weight excluding hydrogens is 536 g/mol. The molecule has 1 aliphatic heterocycles. The summed E-state index contributed by atoms with van der Waals surface area (Å²) in [6.45, 7) is 7.08. The van der Waals surface area contributed by atoms with Crippen molar-refractivity contribution < 1.29 is 23.8 Å². The topological polar surface area (TPSA) is 96.2 Å². The molecular formula is C29H30N2O6S2. The van der Waals surface area contributed by atoms with Crippen molar-refractivity contribution in [2.24, 2.45) is 4.99 Å². The van der Waals surface area contributed by atoms with Gasteiger partial charge >= 0.3 is 11.9 Å². The van der Waals surface area contributed by atoms with Gasteiger partial charge in [-0.1, -0.05) is 41.7 Å². The molecule has 0 spiro atoms. The fraction of sp³-hybridized carbons (Fsp3) is 0.310. The summed E-state index contributed by atoms with van der Waals surface area (Å²) in [6, 6.07) is 14.2. The number of fused-ring (bicyclic) bond motifs is 1. The zero-order chi connectivity index (χ0) is 28.1. The first-order valence-electron chi connectivity index (χ1n) is 12.5. The van der Waals surface area contributed by atoms with E-state index in [0.717, 1.165) is 10.5 Å². The maximum Gasteiger partial charge on any atom is 0.344 e. The van der Waals surface area contributed by atoms with Crippen molar-refractivity contribution in [3.8, 4) is 5.75 Å². The molecule has 1 aromatic heterocycles. The number of thiazole rings is 1. The minimum absolute atomic E-state index is 0.244. The van der Waals surface area contributed by atoms with Gasteiger partial charge in [0.1, 0.15) is 5.75 Å². The number of ether oxygens (including phenoxy) is 3. The predicted molar refractivity (Wildman–Crippen MR) is 152 cm³/mol. The summed E-state index contributed by atoms with van der Waals surface area (Å²) < 4.78 is 18.1. The van der Waals surface area contributed by atoms with Crippen LogP contribution in [0, 0.1) is 0 Å². The first-order valence-corrected chi connectivity index (χ1v) is 14.5. The van der Waals surface area contributed by atoms with Gasteiger partial charge in [-0.3, -0.25) is 9.36 Å². The molecule has 0 saturated heterocycles. The van der Waals surface area contributed by atoms with Crippen LogP contribution < -0.4 is 19.6 Å². The summed E-state index contributed by atoms with van der Waals surface area (Å²) in [5.74, 6) is -0.536. The molecule has 39 heavy (non-hydrogen) atoms. The highest BCUT2D eigenvalue weighted by Gasteiger charge is 2.33. The number of para-hydroxylation sites is 1. The second kappa shape index (κ2) is 12.5. The maximum atomic E-state index is 13.9. The van der Waals surface area contributed by atoms with Crippen LogP contribution in [-0.2, 0) is 19.1 Å². The first kappa shape index (κ1) is 28.4. The zero-order valence-corrected chi connectivity index (χ0v) is 24.1. The average Bonchev–Trinajstić information content (AvgIpc) is 3.21. The van der Waals surface area contributed by atoms with Crippen LogP contribution in [0.25, 0.3) is 6.08 Å². The second-order valence-electron chi connectivity index (χ2n) is 8.94. The van der Waals surface area contributed by atoms with E-state index in [1.165, 1.54) is 11.3 Å². The van der Waals surface area contributed by atoms with Crippen LogP contribution in [-0.4, -0.2) is 42.1 Å². The Balaban J connectivity index is 1.84. The van der Waals surface area contributed by atoms with Crippen molar-refractivity contribution in [1.82, 2.24) is 4.57 Å². The smallest absolute Gasteiger partial charge is 0.344 e. The van der Waals surface area contributed by atoms with Crippen molar-refractivity contribution in [3.63, 3.8) is 0 Å². The largest absolute Gasteiger partial charge is 0.481 e. The Bertz CT molecular complexity index is 1580. The van der Waals surface area contributed by atoms with E-state index in [4.69, 9.17) is 14.2 Å². The molecule has 0 unspecified atom stereocenters. The molecule has 10 heteroatoms. The van der Waals surface area contributed by atoms with E-state index in [1.54, 1.807) is 68.3 Å². The fourth-order valence-electron chi connectivity index (χ4n) is 4.17. The number of aromatic nitrogens is 1. The van der Waals surface area contributed by atoms with E-state index in [1.807, 2.05) is 36.6 Å². The molecule has 1 aliphatic rings. The van der Waals surface area contributed by atoms with Crippen molar-refractivity contribution in [2.75, 3.05) is 19.5 Å². The third kappa shape index (κ3) is 6.34. The third-order valence-electron chi connectivity index (χ3n) is 5.87. The van der Waals surface area contributed by atoms with Gasteiger partial charge in [-0.2, -0.15) is 0 Å². The Morgan fingerprint density at radius 1 is 1.15 bits per heavy atom. The first-order chi connectivity index (χ1) is 18.7. The standard InChI is InChI=1S/C29H30N2O6S2/c1-6-35-24(32)16-36-22-10-8-7-9-20(22)15-23-27(33)31-26(19-11-13-21(38-5)14-12-19)25(28(34)37-17(2)3)18(4)30-29(31)39-23/h7-15,17,26H,6,16H2,1-5H3/b23-15-/t26-/m1/s1. The quantitative estimate of drug-likeness (QED) is 0.287. The number of hydrogen-bond donors (Lipinski definition) is 0. The molecule has 0 amide bonds. The maximum absolute atomic E-state index is 13.9. The van der Waals surface area contributed by atoms with Gasteiger partial charge in [0.05, 0.1) is 34.6 Å². The minimum Gasteiger partial charge on any atom is -0.481 e. The Morgan fingerprint density at radius 3 is 2.54 bits per heavy atom. The molecule has 2 aromatic carbocycles. The van der Waals surface area contributed by atoms with Gasteiger partial charge in [0.2, 0.25) is 0 Å². The SMILES string of the molecule is CCOC(=O)COc1ccccc1/C=c1\sc2n(c1=O)[C@H](c1ccc(SC)cc1)C(C(=O)OC(C)C)=C(C)N=2. The number of hydrogen-bond acceptors (Lipinski definition) is 9. The van der Waals surface area contributed by atoms with Crippen molar-refractivity contribution in [3.05, 3.63) is 90.6 Å². The molecule has 8 nitrogen and oxygen atoms in total. The summed E-state index contributed by atoms with van der Waals surface area (Å²) in [5.41, 5.74) is 1.95.